The van der Waals surface area contributed by atoms with Crippen molar-refractivity contribution in [2.24, 2.45) is 0 Å². The van der Waals surface area contributed by atoms with Crippen molar-refractivity contribution in [1.29, 1.82) is 0 Å². The molecule has 0 aliphatic heterocycles. The number of amides is 1. The highest BCUT2D eigenvalue weighted by Gasteiger charge is 2.18. The summed E-state index contributed by atoms with van der Waals surface area (Å²) in [6, 6.07) is 9.33. The molecule has 3 aromatic heterocycles. The van der Waals surface area contributed by atoms with Crippen molar-refractivity contribution in [3.8, 4) is 0 Å². The van der Waals surface area contributed by atoms with Gasteiger partial charge in [-0.2, -0.15) is 11.3 Å². The van der Waals surface area contributed by atoms with Crippen LogP contribution < -0.4 is 5.32 Å². The van der Waals surface area contributed by atoms with Crippen LogP contribution in [-0.2, 0) is 4.79 Å². The minimum absolute atomic E-state index is 0.0199. The molecular weight excluding hydrogens is 318 g/mol. The summed E-state index contributed by atoms with van der Waals surface area (Å²) in [4.78, 5) is 16.4. The summed E-state index contributed by atoms with van der Waals surface area (Å²) in [7, 11) is 0. The zero-order valence-electron chi connectivity index (χ0n) is 11.6. The number of pyridine rings is 1. The van der Waals surface area contributed by atoms with Crippen LogP contribution in [0.4, 0.5) is 5.82 Å². The minimum atomic E-state index is -0.0836. The molecule has 1 atom stereocenters. The van der Waals surface area contributed by atoms with E-state index in [4.69, 9.17) is 11.6 Å². The first-order valence-electron chi connectivity index (χ1n) is 6.78. The summed E-state index contributed by atoms with van der Waals surface area (Å²) in [5, 5.41) is 7.43. The summed E-state index contributed by atoms with van der Waals surface area (Å²) < 4.78 is 2.04. The molecule has 6 heteroatoms. The fourth-order valence-corrected chi connectivity index (χ4v) is 3.05. The lowest BCUT2D eigenvalue weighted by Crippen LogP contribution is -2.19. The second-order valence-electron chi connectivity index (χ2n) is 4.82. The molecule has 3 rings (SSSR count). The molecule has 0 unspecified atom stereocenters. The van der Waals surface area contributed by atoms with E-state index in [1.807, 2.05) is 40.5 Å². The number of anilines is 1. The maximum atomic E-state index is 12.3. The molecule has 112 valence electrons. The molecule has 22 heavy (non-hydrogen) atoms. The highest BCUT2D eigenvalue weighted by molar-refractivity contribution is 7.08. The van der Waals surface area contributed by atoms with E-state index in [1.54, 1.807) is 23.5 Å². The Morgan fingerprint density at radius 2 is 2.14 bits per heavy atom. The molecule has 0 fully saturated rings. The number of hydrogen-bond acceptors (Lipinski definition) is 3. The molecule has 1 amide bonds. The van der Waals surface area contributed by atoms with Gasteiger partial charge in [0.2, 0.25) is 5.91 Å². The Morgan fingerprint density at radius 3 is 2.77 bits per heavy atom. The van der Waals surface area contributed by atoms with Crippen molar-refractivity contribution in [3.05, 3.63) is 70.3 Å². The summed E-state index contributed by atoms with van der Waals surface area (Å²) in [5.74, 6) is 0.422. The van der Waals surface area contributed by atoms with Crippen molar-refractivity contribution < 1.29 is 4.79 Å². The van der Waals surface area contributed by atoms with Gasteiger partial charge in [0.15, 0.2) is 0 Å². The van der Waals surface area contributed by atoms with Gasteiger partial charge in [-0.1, -0.05) is 11.6 Å². The first-order chi connectivity index (χ1) is 10.7. The largest absolute Gasteiger partial charge is 0.346 e. The minimum Gasteiger partial charge on any atom is -0.346 e. The van der Waals surface area contributed by atoms with E-state index in [-0.39, 0.29) is 11.9 Å². The molecule has 3 heterocycles. The fourth-order valence-electron chi connectivity index (χ4n) is 2.23. The average molecular weight is 332 g/mol. The molecule has 4 nitrogen and oxygen atoms in total. The lowest BCUT2D eigenvalue weighted by Gasteiger charge is -2.17. The van der Waals surface area contributed by atoms with Gasteiger partial charge in [0, 0.05) is 18.6 Å². The van der Waals surface area contributed by atoms with E-state index in [0.29, 0.717) is 17.3 Å². The first-order valence-corrected chi connectivity index (χ1v) is 8.10. The van der Waals surface area contributed by atoms with Crippen molar-refractivity contribution in [1.82, 2.24) is 9.55 Å². The Balaban J connectivity index is 1.73. The number of rotatable bonds is 5. The molecule has 0 saturated carbocycles. The molecule has 0 radical (unpaired) electrons. The van der Waals surface area contributed by atoms with Gasteiger partial charge in [-0.25, -0.2) is 4.98 Å². The Morgan fingerprint density at radius 1 is 1.32 bits per heavy atom. The number of nitrogens with zero attached hydrogens (tertiary/aromatic N) is 2. The monoisotopic (exact) mass is 331 g/mol. The highest BCUT2D eigenvalue weighted by atomic mass is 35.5. The molecule has 3 aromatic rings. The Bertz CT molecular complexity index is 689. The smallest absolute Gasteiger partial charge is 0.227 e. The predicted octanol–water partition coefficient (Wildman–Crippen LogP) is 4.22. The van der Waals surface area contributed by atoms with Crippen LogP contribution >= 0.6 is 22.9 Å². The first kappa shape index (κ1) is 14.8. The Labute approximate surface area is 137 Å². The van der Waals surface area contributed by atoms with Gasteiger partial charge in [-0.05, 0) is 46.7 Å². The second-order valence-corrected chi connectivity index (χ2v) is 6.03. The summed E-state index contributed by atoms with van der Waals surface area (Å²) in [6.07, 6.45) is 5.79. The number of carbonyl (C=O) groups excluding carboxylic acids is 1. The second kappa shape index (κ2) is 6.77. The normalized spacial score (nSPS) is 12.0. The van der Waals surface area contributed by atoms with E-state index in [1.165, 1.54) is 6.20 Å². The highest BCUT2D eigenvalue weighted by Crippen LogP contribution is 2.25. The zero-order chi connectivity index (χ0) is 15.4. The van der Waals surface area contributed by atoms with Gasteiger partial charge >= 0.3 is 0 Å². The lowest BCUT2D eigenvalue weighted by molar-refractivity contribution is -0.116. The van der Waals surface area contributed by atoms with Crippen LogP contribution in [0.3, 0.4) is 0 Å². The summed E-state index contributed by atoms with van der Waals surface area (Å²) in [6.45, 7) is 0. The van der Waals surface area contributed by atoms with Crippen LogP contribution in [-0.4, -0.2) is 15.5 Å². The van der Waals surface area contributed by atoms with Gasteiger partial charge in [0.05, 0.1) is 17.5 Å². The zero-order valence-corrected chi connectivity index (χ0v) is 13.2. The van der Waals surface area contributed by atoms with Crippen molar-refractivity contribution in [3.63, 3.8) is 0 Å². The van der Waals surface area contributed by atoms with Gasteiger partial charge in [0.1, 0.15) is 5.82 Å². The number of thiophene rings is 1. The molecule has 0 saturated heterocycles. The maximum Gasteiger partial charge on any atom is 0.227 e. The van der Waals surface area contributed by atoms with Gasteiger partial charge in [0.25, 0.3) is 0 Å². The molecule has 0 aliphatic carbocycles. The molecule has 0 aromatic carbocycles. The molecule has 0 bridgehead atoms. The molecule has 0 aliphatic rings. The fraction of sp³-hybridized carbons (Fsp3) is 0.125. The lowest BCUT2D eigenvalue weighted by atomic mass is 10.1. The van der Waals surface area contributed by atoms with E-state index >= 15 is 0 Å². The van der Waals surface area contributed by atoms with E-state index in [0.717, 1.165) is 5.56 Å². The number of nitrogens with one attached hydrogen (secondary N) is 1. The Kier molecular flexibility index (Phi) is 4.56. The topological polar surface area (TPSA) is 46.9 Å². The number of hydrogen-bond donors (Lipinski definition) is 1. The predicted molar refractivity (Wildman–Crippen MR) is 89.4 cm³/mol. The third kappa shape index (κ3) is 3.55. The van der Waals surface area contributed by atoms with Gasteiger partial charge < -0.3 is 9.88 Å². The van der Waals surface area contributed by atoms with Gasteiger partial charge in [-0.3, -0.25) is 4.79 Å². The summed E-state index contributed by atoms with van der Waals surface area (Å²) >= 11 is 7.42. The third-order valence-corrected chi connectivity index (χ3v) is 4.21. The van der Waals surface area contributed by atoms with Gasteiger partial charge in [-0.15, -0.1) is 0 Å². The maximum absolute atomic E-state index is 12.3. The average Bonchev–Trinajstić information content (AvgIpc) is 3.21. The van der Waals surface area contributed by atoms with Crippen LogP contribution in [0.2, 0.25) is 5.02 Å². The van der Waals surface area contributed by atoms with E-state index in [9.17, 15) is 4.79 Å². The van der Waals surface area contributed by atoms with Crippen LogP contribution in [0.5, 0.6) is 0 Å². The Hall–Kier alpha value is -2.11. The molecular formula is C16H14ClN3OS. The van der Waals surface area contributed by atoms with Crippen molar-refractivity contribution >= 4 is 34.7 Å². The number of halogens is 1. The van der Waals surface area contributed by atoms with Crippen molar-refractivity contribution in [2.75, 3.05) is 5.32 Å². The number of aromatic nitrogens is 2. The molecule has 0 spiro atoms. The number of carbonyl (C=O) groups is 1. The SMILES string of the molecule is O=C(C[C@@H](c1ccsc1)n1cccc1)Nc1ccc(Cl)cn1. The van der Waals surface area contributed by atoms with Crippen LogP contribution in [0.1, 0.15) is 18.0 Å². The quantitative estimate of drug-likeness (QED) is 0.761. The van der Waals surface area contributed by atoms with E-state index in [2.05, 4.69) is 15.7 Å². The van der Waals surface area contributed by atoms with Crippen LogP contribution in [0.25, 0.3) is 0 Å². The third-order valence-electron chi connectivity index (χ3n) is 3.29. The van der Waals surface area contributed by atoms with Crippen LogP contribution in [0.15, 0.2) is 59.7 Å². The van der Waals surface area contributed by atoms with E-state index < -0.39 is 0 Å². The molecule has 1 N–H and O–H groups in total. The van der Waals surface area contributed by atoms with Crippen LogP contribution in [0, 0.1) is 0 Å². The van der Waals surface area contributed by atoms with Crippen molar-refractivity contribution in [2.45, 2.75) is 12.5 Å². The summed E-state index contributed by atoms with van der Waals surface area (Å²) in [5.41, 5.74) is 1.13. The standard InChI is InChI=1S/C16H14ClN3OS/c17-13-3-4-15(18-10-13)19-16(21)9-14(12-5-8-22-11-12)20-6-1-2-7-20/h1-8,10-11,14H,9H2,(H,18,19,21)/t14-/m0/s1.